The molecule has 140 valence electrons. The van der Waals surface area contributed by atoms with Crippen molar-refractivity contribution in [1.29, 1.82) is 0 Å². The molecule has 1 N–H and O–H groups in total. The van der Waals surface area contributed by atoms with E-state index in [0.29, 0.717) is 17.3 Å². The van der Waals surface area contributed by atoms with Crippen LogP contribution in [0.25, 0.3) is 10.8 Å². The maximum atomic E-state index is 13.9. The highest BCUT2D eigenvalue weighted by molar-refractivity contribution is 6.11. The minimum absolute atomic E-state index is 0.00893. The number of amides is 1. The van der Waals surface area contributed by atoms with Crippen molar-refractivity contribution in [2.75, 3.05) is 5.32 Å². The fourth-order valence-corrected chi connectivity index (χ4v) is 2.84. The highest BCUT2D eigenvalue weighted by Crippen LogP contribution is 2.19. The van der Waals surface area contributed by atoms with Gasteiger partial charge in [-0.05, 0) is 24.6 Å². The zero-order chi connectivity index (χ0) is 19.4. The summed E-state index contributed by atoms with van der Waals surface area (Å²) in [6, 6.07) is 9.41. The van der Waals surface area contributed by atoms with Gasteiger partial charge in [0.1, 0.15) is 11.6 Å². The van der Waals surface area contributed by atoms with Crippen LogP contribution in [0.15, 0.2) is 47.3 Å². The topological polar surface area (TPSA) is 64.0 Å². The highest BCUT2D eigenvalue weighted by atomic mass is 19.1. The van der Waals surface area contributed by atoms with E-state index in [0.717, 1.165) is 37.5 Å². The first-order chi connectivity index (χ1) is 13.0. The van der Waals surface area contributed by atoms with Crippen molar-refractivity contribution in [1.82, 2.24) is 9.78 Å². The summed E-state index contributed by atoms with van der Waals surface area (Å²) in [5.41, 5.74) is -0.574. The Hall–Kier alpha value is -3.09. The van der Waals surface area contributed by atoms with Gasteiger partial charge in [0.25, 0.3) is 11.5 Å². The predicted octanol–water partition coefficient (Wildman–Crippen LogP) is 4.12. The van der Waals surface area contributed by atoms with Crippen LogP contribution in [0.5, 0.6) is 0 Å². The van der Waals surface area contributed by atoms with Crippen molar-refractivity contribution in [3.8, 4) is 0 Å². The minimum atomic E-state index is -0.759. The van der Waals surface area contributed by atoms with Crippen LogP contribution in [0.1, 0.15) is 36.7 Å². The zero-order valence-corrected chi connectivity index (χ0v) is 14.8. The number of unbranched alkanes of at least 4 members (excludes halogenated alkanes) is 2. The van der Waals surface area contributed by atoms with Crippen molar-refractivity contribution >= 4 is 22.4 Å². The average molecular weight is 371 g/mol. The van der Waals surface area contributed by atoms with Crippen molar-refractivity contribution < 1.29 is 13.6 Å². The van der Waals surface area contributed by atoms with Crippen LogP contribution in [0.2, 0.25) is 0 Å². The Morgan fingerprint density at radius 1 is 1.11 bits per heavy atom. The Balaban J connectivity index is 2.03. The second kappa shape index (κ2) is 8.07. The van der Waals surface area contributed by atoms with Crippen molar-refractivity contribution in [3.05, 3.63) is 70.1 Å². The zero-order valence-electron chi connectivity index (χ0n) is 14.8. The molecule has 1 heterocycles. The fraction of sp³-hybridized carbons (Fsp3) is 0.250. The van der Waals surface area contributed by atoms with Gasteiger partial charge >= 0.3 is 0 Å². The van der Waals surface area contributed by atoms with Crippen LogP contribution in [0, 0.1) is 11.6 Å². The van der Waals surface area contributed by atoms with Gasteiger partial charge in [-0.15, -0.1) is 0 Å². The molecule has 27 heavy (non-hydrogen) atoms. The van der Waals surface area contributed by atoms with Gasteiger partial charge in [-0.1, -0.05) is 38.0 Å². The lowest BCUT2D eigenvalue weighted by molar-refractivity contribution is 0.102. The number of rotatable bonds is 6. The summed E-state index contributed by atoms with van der Waals surface area (Å²) in [5.74, 6) is -2.14. The molecule has 1 aromatic heterocycles. The molecular weight excluding hydrogens is 352 g/mol. The largest absolute Gasteiger partial charge is 0.318 e. The summed E-state index contributed by atoms with van der Waals surface area (Å²) in [5, 5.41) is 7.26. The van der Waals surface area contributed by atoms with Gasteiger partial charge in [-0.25, -0.2) is 13.5 Å². The second-order valence-corrected chi connectivity index (χ2v) is 6.21. The van der Waals surface area contributed by atoms with E-state index < -0.39 is 17.5 Å². The fourth-order valence-electron chi connectivity index (χ4n) is 2.84. The van der Waals surface area contributed by atoms with Gasteiger partial charge in [-0.2, -0.15) is 5.10 Å². The maximum absolute atomic E-state index is 13.9. The lowest BCUT2D eigenvalue weighted by Gasteiger charge is -2.11. The third-order valence-electron chi connectivity index (χ3n) is 4.23. The number of anilines is 1. The molecule has 0 atom stereocenters. The number of benzene rings is 2. The molecule has 1 amide bonds. The predicted molar refractivity (Wildman–Crippen MR) is 99.8 cm³/mol. The molecule has 5 nitrogen and oxygen atoms in total. The summed E-state index contributed by atoms with van der Waals surface area (Å²) in [6.45, 7) is 2.43. The van der Waals surface area contributed by atoms with Crippen LogP contribution in [-0.4, -0.2) is 15.7 Å². The van der Waals surface area contributed by atoms with Gasteiger partial charge in [0, 0.05) is 18.0 Å². The molecule has 3 rings (SSSR count). The van der Waals surface area contributed by atoms with E-state index in [1.807, 2.05) is 6.92 Å². The Labute approximate surface area is 154 Å². The Bertz CT molecular complexity index is 1050. The number of nitrogens with one attached hydrogen (secondary N) is 1. The van der Waals surface area contributed by atoms with Gasteiger partial charge in [0.2, 0.25) is 0 Å². The number of carbonyl (C=O) groups excluding carboxylic acids is 1. The van der Waals surface area contributed by atoms with E-state index in [2.05, 4.69) is 10.4 Å². The SMILES string of the molecule is CCCCCn1nc(C(=O)Nc2cc(F)ccc2F)c2ccccc2c1=O. The van der Waals surface area contributed by atoms with Crippen molar-refractivity contribution in [3.63, 3.8) is 0 Å². The average Bonchev–Trinajstić information content (AvgIpc) is 2.66. The molecule has 2 aromatic carbocycles. The molecular formula is C20H19F2N3O2. The maximum Gasteiger partial charge on any atom is 0.276 e. The van der Waals surface area contributed by atoms with E-state index >= 15 is 0 Å². The van der Waals surface area contributed by atoms with Crippen molar-refractivity contribution in [2.24, 2.45) is 0 Å². The Kier molecular flexibility index (Phi) is 5.59. The first kappa shape index (κ1) is 18.7. The summed E-state index contributed by atoms with van der Waals surface area (Å²) in [7, 11) is 0. The van der Waals surface area contributed by atoms with Gasteiger partial charge in [-0.3, -0.25) is 9.59 Å². The first-order valence-electron chi connectivity index (χ1n) is 8.77. The van der Waals surface area contributed by atoms with Gasteiger partial charge < -0.3 is 5.32 Å². The number of fused-ring (bicyclic) bond motifs is 1. The lowest BCUT2D eigenvalue weighted by atomic mass is 10.1. The number of aromatic nitrogens is 2. The number of hydrogen-bond donors (Lipinski definition) is 1. The summed E-state index contributed by atoms with van der Waals surface area (Å²) in [4.78, 5) is 25.3. The number of carbonyl (C=O) groups is 1. The molecule has 0 saturated heterocycles. The van der Waals surface area contributed by atoms with Gasteiger partial charge in [0.05, 0.1) is 11.1 Å². The number of halogens is 2. The molecule has 0 aliphatic heterocycles. The minimum Gasteiger partial charge on any atom is -0.318 e. The number of nitrogens with zero attached hydrogens (tertiary/aromatic N) is 2. The molecule has 0 radical (unpaired) electrons. The first-order valence-corrected chi connectivity index (χ1v) is 8.77. The van der Waals surface area contributed by atoms with E-state index in [9.17, 15) is 18.4 Å². The molecule has 0 aliphatic rings. The Morgan fingerprint density at radius 3 is 2.59 bits per heavy atom. The molecule has 3 aromatic rings. The molecule has 0 bridgehead atoms. The third kappa shape index (κ3) is 4.02. The van der Waals surface area contributed by atoms with Crippen LogP contribution in [0.3, 0.4) is 0 Å². The van der Waals surface area contributed by atoms with E-state index in [4.69, 9.17) is 0 Å². The number of aryl methyl sites for hydroxylation is 1. The summed E-state index contributed by atoms with van der Waals surface area (Å²) >= 11 is 0. The molecule has 0 spiro atoms. The summed E-state index contributed by atoms with van der Waals surface area (Å²) < 4.78 is 28.5. The van der Waals surface area contributed by atoms with Gasteiger partial charge in [0.15, 0.2) is 5.69 Å². The van der Waals surface area contributed by atoms with E-state index in [1.54, 1.807) is 24.3 Å². The number of hydrogen-bond acceptors (Lipinski definition) is 3. The quantitative estimate of drug-likeness (QED) is 0.663. The standard InChI is InChI=1S/C20H19F2N3O2/c1-2-3-6-11-25-20(27)15-8-5-4-7-14(15)18(24-25)19(26)23-17-12-13(21)9-10-16(17)22/h4-5,7-10,12H,2-3,6,11H2,1H3,(H,23,26). The molecule has 7 heteroatoms. The second-order valence-electron chi connectivity index (χ2n) is 6.21. The summed E-state index contributed by atoms with van der Waals surface area (Å²) in [6.07, 6.45) is 2.66. The molecule has 0 aliphatic carbocycles. The monoisotopic (exact) mass is 371 g/mol. The van der Waals surface area contributed by atoms with Crippen LogP contribution in [-0.2, 0) is 6.54 Å². The molecule has 0 saturated carbocycles. The van der Waals surface area contributed by atoms with E-state index in [1.165, 1.54) is 4.68 Å². The Morgan fingerprint density at radius 2 is 1.85 bits per heavy atom. The van der Waals surface area contributed by atoms with Crippen molar-refractivity contribution in [2.45, 2.75) is 32.7 Å². The smallest absolute Gasteiger partial charge is 0.276 e. The molecule has 0 unspecified atom stereocenters. The highest BCUT2D eigenvalue weighted by Gasteiger charge is 2.18. The van der Waals surface area contributed by atoms with Crippen LogP contribution < -0.4 is 10.9 Å². The van der Waals surface area contributed by atoms with E-state index in [-0.39, 0.29) is 16.9 Å². The third-order valence-corrected chi connectivity index (χ3v) is 4.23. The van der Waals surface area contributed by atoms with Crippen LogP contribution in [0.4, 0.5) is 14.5 Å². The lowest BCUT2D eigenvalue weighted by Crippen LogP contribution is -2.28. The normalized spacial score (nSPS) is 10.9. The van der Waals surface area contributed by atoms with Crippen LogP contribution >= 0.6 is 0 Å². The molecule has 0 fully saturated rings.